The van der Waals surface area contributed by atoms with Gasteiger partial charge in [0.15, 0.2) is 0 Å². The number of hydrogen-bond acceptors (Lipinski definition) is 13. The average molecular weight is 612 g/mol. The van der Waals surface area contributed by atoms with E-state index in [0.717, 1.165) is 44.7 Å². The summed E-state index contributed by atoms with van der Waals surface area (Å²) >= 11 is 1.18. The van der Waals surface area contributed by atoms with E-state index >= 15 is 0 Å². The lowest BCUT2D eigenvalue weighted by Crippen LogP contribution is -2.25. The lowest BCUT2D eigenvalue weighted by molar-refractivity contribution is 0.399. The first-order valence-corrected chi connectivity index (χ1v) is 14.9. The number of phenolic OH excluding ortho intramolecular Hbond substituents is 2. The summed E-state index contributed by atoms with van der Waals surface area (Å²) in [7, 11) is 0. The molecule has 0 aliphatic rings. The topological polar surface area (TPSA) is 148 Å². The first-order valence-electron chi connectivity index (χ1n) is 14.1. The van der Waals surface area contributed by atoms with Crippen LogP contribution < -0.4 is 9.80 Å². The molecule has 0 aliphatic heterocycles. The van der Waals surface area contributed by atoms with Gasteiger partial charge in [0.2, 0.25) is 10.9 Å². The van der Waals surface area contributed by atoms with E-state index in [2.05, 4.69) is 53.7 Å². The van der Waals surface area contributed by atoms with Gasteiger partial charge in [-0.3, -0.25) is 0 Å². The van der Waals surface area contributed by atoms with Gasteiger partial charge in [-0.15, -0.1) is 20.5 Å². The quantitative estimate of drug-likeness (QED) is 0.151. The maximum Gasteiger partial charge on any atom is 0.249 e. The number of halogens is 1. The highest BCUT2D eigenvalue weighted by atomic mass is 32.1. The van der Waals surface area contributed by atoms with E-state index in [-0.39, 0.29) is 23.0 Å². The number of aromatic nitrogens is 3. The van der Waals surface area contributed by atoms with Crippen LogP contribution in [0.4, 0.5) is 38.1 Å². The van der Waals surface area contributed by atoms with E-state index < -0.39 is 5.82 Å². The van der Waals surface area contributed by atoms with Crippen molar-refractivity contribution in [3.63, 3.8) is 0 Å². The Balaban J connectivity index is 0.000000238. The van der Waals surface area contributed by atoms with Crippen LogP contribution in [0.5, 0.6) is 11.5 Å². The molecule has 2 aromatic carbocycles. The lowest BCUT2D eigenvalue weighted by atomic mass is 10.2. The summed E-state index contributed by atoms with van der Waals surface area (Å²) in [6.45, 7) is 15.0. The van der Waals surface area contributed by atoms with E-state index in [1.54, 1.807) is 32.0 Å². The van der Waals surface area contributed by atoms with Crippen LogP contribution in [-0.2, 0) is 0 Å². The largest absolute Gasteiger partial charge is 0.506 e. The van der Waals surface area contributed by atoms with Crippen molar-refractivity contribution in [2.24, 2.45) is 20.5 Å². The Morgan fingerprint density at radius 3 is 2.07 bits per heavy atom. The van der Waals surface area contributed by atoms with E-state index in [9.17, 15) is 14.6 Å². The maximum atomic E-state index is 14.4. The van der Waals surface area contributed by atoms with Gasteiger partial charge in [0.1, 0.15) is 40.3 Å². The van der Waals surface area contributed by atoms with Crippen LogP contribution in [0.25, 0.3) is 0 Å². The van der Waals surface area contributed by atoms with Crippen LogP contribution >= 0.6 is 11.5 Å². The molecule has 2 heterocycles. The molecule has 0 aliphatic carbocycles. The van der Waals surface area contributed by atoms with Crippen molar-refractivity contribution in [1.82, 2.24) is 14.5 Å². The van der Waals surface area contributed by atoms with E-state index in [1.165, 1.54) is 23.7 Å². The molecule has 0 fully saturated rings. The molecule has 0 radical (unpaired) electrons. The summed E-state index contributed by atoms with van der Waals surface area (Å²) in [5.74, 6) is 1.09. The standard InChI is InChI=1S/C16H21FN4O2.C13H17N5OS/c1-4-6-21(7-5-2)14-10-15(22)13(9-12(14)17)18-19-16-8-11(3)23-20-16;1-4-18(5-2)10-6-7-11(12(19)8-10)15-16-13-14-9(3)17-20-13/h8-10,22H,4-7H2,1-3H3;6-8,19H,4-5H2,1-3H3. The van der Waals surface area contributed by atoms with Crippen molar-refractivity contribution >= 4 is 45.2 Å². The molecule has 0 saturated carbocycles. The predicted molar refractivity (Wildman–Crippen MR) is 167 cm³/mol. The number of nitrogens with zero attached hydrogens (tertiary/aromatic N) is 9. The van der Waals surface area contributed by atoms with Gasteiger partial charge in [-0.05, 0) is 52.7 Å². The van der Waals surface area contributed by atoms with Crippen molar-refractivity contribution in [3.8, 4) is 11.5 Å². The molecule has 0 unspecified atom stereocenters. The third kappa shape index (κ3) is 9.53. The van der Waals surface area contributed by atoms with Crippen LogP contribution in [0.1, 0.15) is 52.1 Å². The monoisotopic (exact) mass is 611 g/mol. The number of azo groups is 2. The number of aromatic hydroxyl groups is 2. The number of anilines is 2. The number of phenols is 2. The molecule has 0 bridgehead atoms. The molecular weight excluding hydrogens is 573 g/mol. The Kier molecular flexibility index (Phi) is 12.5. The van der Waals surface area contributed by atoms with E-state index in [4.69, 9.17) is 4.52 Å². The summed E-state index contributed by atoms with van der Waals surface area (Å²) < 4.78 is 23.3. The molecule has 2 aromatic heterocycles. The van der Waals surface area contributed by atoms with Crippen molar-refractivity contribution in [3.05, 3.63) is 53.8 Å². The van der Waals surface area contributed by atoms with Gasteiger partial charge in [-0.25, -0.2) is 9.37 Å². The van der Waals surface area contributed by atoms with Gasteiger partial charge >= 0.3 is 0 Å². The molecule has 0 atom stereocenters. The summed E-state index contributed by atoms with van der Waals surface area (Å²) in [6.07, 6.45) is 1.79. The summed E-state index contributed by atoms with van der Waals surface area (Å²) in [5.41, 5.74) is 1.83. The normalized spacial score (nSPS) is 11.2. The third-order valence-corrected chi connectivity index (χ3v) is 6.79. The molecular formula is C29H38FN9O3S. The highest BCUT2D eigenvalue weighted by Gasteiger charge is 2.15. The summed E-state index contributed by atoms with van der Waals surface area (Å²) in [4.78, 5) is 8.15. The van der Waals surface area contributed by atoms with Gasteiger partial charge in [0.05, 0.1) is 5.69 Å². The SMILES string of the molecule is CCCN(CCC)c1cc(O)c(N=Nc2cc(C)on2)cc1F.CCN(CC)c1ccc(N=Nc2nc(C)ns2)c(O)c1. The van der Waals surface area contributed by atoms with E-state index in [1.807, 2.05) is 24.8 Å². The minimum Gasteiger partial charge on any atom is -0.506 e. The third-order valence-electron chi connectivity index (χ3n) is 6.10. The van der Waals surface area contributed by atoms with Crippen LogP contribution in [-0.4, -0.2) is 50.9 Å². The first kappa shape index (κ1) is 33.0. The van der Waals surface area contributed by atoms with Crippen molar-refractivity contribution in [2.75, 3.05) is 36.0 Å². The molecule has 43 heavy (non-hydrogen) atoms. The summed E-state index contributed by atoms with van der Waals surface area (Å²) in [6, 6.07) is 9.54. The van der Waals surface area contributed by atoms with Crippen molar-refractivity contribution < 1.29 is 19.1 Å². The molecule has 0 amide bonds. The highest BCUT2D eigenvalue weighted by Crippen LogP contribution is 2.35. The van der Waals surface area contributed by atoms with Gasteiger partial charge in [-0.2, -0.15) is 4.37 Å². The predicted octanol–water partition coefficient (Wildman–Crippen LogP) is 8.68. The maximum absolute atomic E-state index is 14.4. The second-order valence-electron chi connectivity index (χ2n) is 9.44. The van der Waals surface area contributed by atoms with Crippen molar-refractivity contribution in [2.45, 2.75) is 54.4 Å². The molecule has 0 spiro atoms. The second kappa shape index (κ2) is 16.2. The molecule has 4 rings (SSSR count). The Bertz CT molecular complexity index is 1510. The number of hydrogen-bond donors (Lipinski definition) is 2. The number of benzene rings is 2. The second-order valence-corrected chi connectivity index (χ2v) is 10.2. The van der Waals surface area contributed by atoms with Crippen LogP contribution in [0.2, 0.25) is 0 Å². The van der Waals surface area contributed by atoms with Crippen LogP contribution in [0.3, 0.4) is 0 Å². The van der Waals surface area contributed by atoms with E-state index in [0.29, 0.717) is 28.1 Å². The van der Waals surface area contributed by atoms with Gasteiger partial charge in [0.25, 0.3) is 0 Å². The molecule has 0 saturated heterocycles. The molecule has 12 nitrogen and oxygen atoms in total. The number of rotatable bonds is 12. The Hall–Kier alpha value is -4.46. The number of aryl methyl sites for hydroxylation is 2. The minimum atomic E-state index is -0.435. The molecule has 230 valence electrons. The van der Waals surface area contributed by atoms with Gasteiger partial charge in [-0.1, -0.05) is 19.0 Å². The zero-order valence-corrected chi connectivity index (χ0v) is 26.1. The molecule has 14 heteroatoms. The van der Waals surface area contributed by atoms with Gasteiger partial charge < -0.3 is 24.5 Å². The summed E-state index contributed by atoms with van der Waals surface area (Å²) in [5, 5.41) is 39.9. The molecule has 2 N–H and O–H groups in total. The van der Waals surface area contributed by atoms with Crippen LogP contribution in [0.15, 0.2) is 61.4 Å². The first-order chi connectivity index (χ1) is 20.7. The Labute approximate surface area is 254 Å². The smallest absolute Gasteiger partial charge is 0.249 e. The average Bonchev–Trinajstić information content (AvgIpc) is 3.60. The Morgan fingerprint density at radius 2 is 1.51 bits per heavy atom. The fourth-order valence-electron chi connectivity index (χ4n) is 4.07. The van der Waals surface area contributed by atoms with Gasteiger partial charge in [0, 0.05) is 67.7 Å². The van der Waals surface area contributed by atoms with Crippen LogP contribution in [0, 0.1) is 19.7 Å². The fourth-order valence-corrected chi connectivity index (χ4v) is 4.57. The minimum absolute atomic E-state index is 0.0554. The lowest BCUT2D eigenvalue weighted by Gasteiger charge is -2.24. The highest BCUT2D eigenvalue weighted by molar-refractivity contribution is 7.09. The fraction of sp³-hybridized carbons (Fsp3) is 0.414. The zero-order chi connectivity index (χ0) is 31.4. The molecule has 4 aromatic rings. The Morgan fingerprint density at radius 1 is 0.837 bits per heavy atom. The van der Waals surface area contributed by atoms with Crippen molar-refractivity contribution in [1.29, 1.82) is 0 Å². The zero-order valence-electron chi connectivity index (χ0n) is 25.3.